The van der Waals surface area contributed by atoms with Crippen LogP contribution in [0.2, 0.25) is 0 Å². The average Bonchev–Trinajstić information content (AvgIpc) is 2.25. The lowest BCUT2D eigenvalue weighted by Gasteiger charge is -2.18. The quantitative estimate of drug-likeness (QED) is 0.664. The predicted octanol–water partition coefficient (Wildman–Crippen LogP) is 3.27. The van der Waals surface area contributed by atoms with Crippen LogP contribution >= 0.6 is 22.6 Å². The second kappa shape index (κ2) is 6.14. The summed E-state index contributed by atoms with van der Waals surface area (Å²) in [6.45, 7) is 2.14. The lowest BCUT2D eigenvalue weighted by Crippen LogP contribution is -2.17. The van der Waals surface area contributed by atoms with Crippen molar-refractivity contribution in [2.75, 3.05) is 7.05 Å². The number of nitrogens with one attached hydrogen (secondary N) is 1. The van der Waals surface area contributed by atoms with Gasteiger partial charge in [0.15, 0.2) is 0 Å². The van der Waals surface area contributed by atoms with E-state index in [-0.39, 0.29) is 0 Å². The monoisotopic (exact) mass is 313 g/mol. The maximum atomic E-state index is 5.30. The summed E-state index contributed by atoms with van der Waals surface area (Å²) in [6, 6.07) is 6.78. The molecule has 0 spiro atoms. The predicted molar refractivity (Wildman–Crippen MR) is 73.8 cm³/mol. The summed E-state index contributed by atoms with van der Waals surface area (Å²) >= 11 is 2.40. The van der Waals surface area contributed by atoms with E-state index in [9.17, 15) is 0 Å². The molecule has 0 aliphatic rings. The van der Waals surface area contributed by atoms with Crippen molar-refractivity contribution in [3.05, 3.63) is 32.9 Å². The first-order valence-electron chi connectivity index (χ1n) is 5.06. The third kappa shape index (κ3) is 3.22. The van der Waals surface area contributed by atoms with Crippen LogP contribution in [0.3, 0.4) is 0 Å². The summed E-state index contributed by atoms with van der Waals surface area (Å²) in [6.07, 6.45) is 7.11. The van der Waals surface area contributed by atoms with Gasteiger partial charge in [0.25, 0.3) is 0 Å². The van der Waals surface area contributed by atoms with Crippen molar-refractivity contribution in [3.8, 4) is 12.3 Å². The van der Waals surface area contributed by atoms with Gasteiger partial charge >= 0.3 is 0 Å². The molecule has 0 fully saturated rings. The van der Waals surface area contributed by atoms with E-state index in [1.165, 1.54) is 14.7 Å². The lowest BCUT2D eigenvalue weighted by molar-refractivity contribution is 0.556. The number of hydrogen-bond acceptors (Lipinski definition) is 1. The minimum absolute atomic E-state index is 0.368. The van der Waals surface area contributed by atoms with E-state index in [1.807, 2.05) is 7.05 Å². The molecule has 0 amide bonds. The van der Waals surface area contributed by atoms with Gasteiger partial charge in [0, 0.05) is 16.0 Å². The molecule has 1 nitrogen and oxygen atoms in total. The summed E-state index contributed by atoms with van der Waals surface area (Å²) in [7, 11) is 1.99. The number of rotatable bonds is 4. The average molecular weight is 313 g/mol. The Kier molecular flexibility index (Phi) is 5.13. The first-order valence-corrected chi connectivity index (χ1v) is 6.14. The molecular weight excluding hydrogens is 297 g/mol. The van der Waals surface area contributed by atoms with Crippen LogP contribution in [0.25, 0.3) is 0 Å². The highest BCUT2D eigenvalue weighted by Crippen LogP contribution is 2.25. The van der Waals surface area contributed by atoms with E-state index in [1.54, 1.807) is 0 Å². The topological polar surface area (TPSA) is 12.0 Å². The van der Waals surface area contributed by atoms with Gasteiger partial charge < -0.3 is 5.32 Å². The molecule has 1 aromatic carbocycles. The van der Waals surface area contributed by atoms with E-state index in [2.05, 4.69) is 59.0 Å². The van der Waals surface area contributed by atoms with Gasteiger partial charge in [-0.2, -0.15) is 0 Å². The summed E-state index contributed by atoms with van der Waals surface area (Å²) in [4.78, 5) is 0. The van der Waals surface area contributed by atoms with Crippen LogP contribution in [0.4, 0.5) is 0 Å². The van der Waals surface area contributed by atoms with Crippen molar-refractivity contribution in [2.45, 2.75) is 25.8 Å². The SMILES string of the molecule is C#CCCC(NC)c1cccc(C)c1I. The highest BCUT2D eigenvalue weighted by molar-refractivity contribution is 14.1. The number of benzene rings is 1. The van der Waals surface area contributed by atoms with Gasteiger partial charge in [0.1, 0.15) is 0 Å². The molecule has 1 N–H and O–H groups in total. The van der Waals surface area contributed by atoms with Gasteiger partial charge in [-0.1, -0.05) is 18.2 Å². The normalized spacial score (nSPS) is 12.1. The third-order valence-electron chi connectivity index (χ3n) is 2.52. The molecule has 1 atom stereocenters. The molecule has 0 saturated carbocycles. The van der Waals surface area contributed by atoms with E-state index >= 15 is 0 Å². The molecule has 0 aliphatic heterocycles. The second-order valence-electron chi connectivity index (χ2n) is 3.56. The van der Waals surface area contributed by atoms with Crippen molar-refractivity contribution >= 4 is 22.6 Å². The van der Waals surface area contributed by atoms with Crippen molar-refractivity contribution < 1.29 is 0 Å². The number of terminal acetylenes is 1. The Morgan fingerprint density at radius 2 is 2.27 bits per heavy atom. The highest BCUT2D eigenvalue weighted by atomic mass is 127. The van der Waals surface area contributed by atoms with E-state index in [0.717, 1.165) is 12.8 Å². The van der Waals surface area contributed by atoms with Crippen molar-refractivity contribution in [2.24, 2.45) is 0 Å². The van der Waals surface area contributed by atoms with Crippen LogP contribution < -0.4 is 5.32 Å². The molecule has 15 heavy (non-hydrogen) atoms. The summed E-state index contributed by atoms with van der Waals surface area (Å²) in [5.41, 5.74) is 2.68. The van der Waals surface area contributed by atoms with E-state index < -0.39 is 0 Å². The first-order chi connectivity index (χ1) is 7.20. The fourth-order valence-electron chi connectivity index (χ4n) is 1.62. The fraction of sp³-hybridized carbons (Fsp3) is 0.385. The van der Waals surface area contributed by atoms with Crippen molar-refractivity contribution in [1.29, 1.82) is 0 Å². The van der Waals surface area contributed by atoms with Crippen LogP contribution in [0.15, 0.2) is 18.2 Å². The molecule has 0 heterocycles. The molecule has 80 valence electrons. The molecule has 1 unspecified atom stereocenters. The van der Waals surface area contributed by atoms with Gasteiger partial charge in [-0.05, 0) is 54.1 Å². The van der Waals surface area contributed by atoms with E-state index in [4.69, 9.17) is 6.42 Å². The minimum atomic E-state index is 0.368. The maximum absolute atomic E-state index is 5.30. The zero-order chi connectivity index (χ0) is 11.3. The molecule has 0 radical (unpaired) electrons. The zero-order valence-corrected chi connectivity index (χ0v) is 11.3. The Morgan fingerprint density at radius 1 is 1.53 bits per heavy atom. The molecule has 0 saturated heterocycles. The van der Waals surface area contributed by atoms with Gasteiger partial charge in [-0.3, -0.25) is 0 Å². The van der Waals surface area contributed by atoms with Crippen LogP contribution in [0, 0.1) is 22.8 Å². The van der Waals surface area contributed by atoms with Crippen LogP contribution in [-0.4, -0.2) is 7.05 Å². The van der Waals surface area contributed by atoms with Gasteiger partial charge in [0.05, 0.1) is 0 Å². The van der Waals surface area contributed by atoms with Crippen molar-refractivity contribution in [1.82, 2.24) is 5.32 Å². The molecule has 0 bridgehead atoms. The number of hydrogen-bond donors (Lipinski definition) is 1. The summed E-state index contributed by atoms with van der Waals surface area (Å²) < 4.78 is 1.34. The van der Waals surface area contributed by atoms with Gasteiger partial charge in [-0.25, -0.2) is 0 Å². The summed E-state index contributed by atoms with van der Waals surface area (Å²) in [5, 5.41) is 3.32. The Hall–Kier alpha value is -0.530. The Labute approximate surface area is 106 Å². The standard InChI is InChI=1S/C13H16IN/c1-4-5-9-12(15-3)11-8-6-7-10(2)13(11)14/h1,6-8,12,15H,5,9H2,2-3H3. The fourth-order valence-corrected chi connectivity index (χ4v) is 2.36. The van der Waals surface area contributed by atoms with Crippen LogP contribution in [0.5, 0.6) is 0 Å². The number of aryl methyl sites for hydroxylation is 1. The maximum Gasteiger partial charge on any atom is 0.0337 e. The Balaban J connectivity index is 2.92. The largest absolute Gasteiger partial charge is 0.313 e. The molecule has 1 aromatic rings. The molecule has 0 aliphatic carbocycles. The number of halogens is 1. The van der Waals surface area contributed by atoms with Crippen molar-refractivity contribution in [3.63, 3.8) is 0 Å². The Bertz CT molecular complexity index is 365. The third-order valence-corrected chi connectivity index (χ3v) is 4.00. The van der Waals surface area contributed by atoms with Gasteiger partial charge in [-0.15, -0.1) is 12.3 Å². The molecule has 0 aromatic heterocycles. The van der Waals surface area contributed by atoms with E-state index in [0.29, 0.717) is 6.04 Å². The highest BCUT2D eigenvalue weighted by Gasteiger charge is 2.12. The lowest BCUT2D eigenvalue weighted by atomic mass is 10.0. The first kappa shape index (κ1) is 12.5. The molecular formula is C13H16IN. The molecule has 1 rings (SSSR count). The molecule has 2 heteroatoms. The van der Waals surface area contributed by atoms with Gasteiger partial charge in [0.2, 0.25) is 0 Å². The summed E-state index contributed by atoms with van der Waals surface area (Å²) in [5.74, 6) is 2.69. The van der Waals surface area contributed by atoms with Crippen LogP contribution in [0.1, 0.15) is 30.0 Å². The Morgan fingerprint density at radius 3 is 2.87 bits per heavy atom. The minimum Gasteiger partial charge on any atom is -0.313 e. The zero-order valence-electron chi connectivity index (χ0n) is 9.18. The van der Waals surface area contributed by atoms with Crippen LogP contribution in [-0.2, 0) is 0 Å². The smallest absolute Gasteiger partial charge is 0.0337 e. The second-order valence-corrected chi connectivity index (χ2v) is 4.64.